The second-order valence-corrected chi connectivity index (χ2v) is 6.96. The normalized spacial score (nSPS) is 10.8. The number of hydrogen-bond acceptors (Lipinski definition) is 6. The van der Waals surface area contributed by atoms with E-state index in [2.05, 4.69) is 6.92 Å². The maximum absolute atomic E-state index is 13.6. The van der Waals surface area contributed by atoms with Crippen LogP contribution >= 0.6 is 0 Å². The van der Waals surface area contributed by atoms with Crippen LogP contribution in [0.4, 0.5) is 0 Å². The molecule has 3 aromatic rings. The zero-order valence-electron chi connectivity index (χ0n) is 18.2. The zero-order valence-corrected chi connectivity index (χ0v) is 18.2. The van der Waals surface area contributed by atoms with Crippen molar-refractivity contribution in [1.82, 2.24) is 0 Å². The lowest BCUT2D eigenvalue weighted by Crippen LogP contribution is -2.13. The zero-order chi connectivity index (χ0) is 21.7. The largest absolute Gasteiger partial charge is 0.497 e. The van der Waals surface area contributed by atoms with Gasteiger partial charge in [0.15, 0.2) is 5.43 Å². The first kappa shape index (κ1) is 21.6. The third-order valence-electron chi connectivity index (χ3n) is 5.17. The van der Waals surface area contributed by atoms with Crippen LogP contribution in [-0.2, 0) is 6.42 Å². The second kappa shape index (κ2) is 9.57. The Hall–Kier alpha value is -3.15. The van der Waals surface area contributed by atoms with Gasteiger partial charge in [-0.3, -0.25) is 4.79 Å². The lowest BCUT2D eigenvalue weighted by Gasteiger charge is -2.15. The van der Waals surface area contributed by atoms with Gasteiger partial charge in [0.1, 0.15) is 39.7 Å². The average Bonchev–Trinajstić information content (AvgIpc) is 2.78. The van der Waals surface area contributed by atoms with Gasteiger partial charge in [0, 0.05) is 23.8 Å². The molecule has 2 aromatic carbocycles. The fourth-order valence-corrected chi connectivity index (χ4v) is 3.56. The van der Waals surface area contributed by atoms with Crippen molar-refractivity contribution in [3.63, 3.8) is 0 Å². The lowest BCUT2D eigenvalue weighted by atomic mass is 9.98. The molecule has 0 aliphatic heterocycles. The van der Waals surface area contributed by atoms with Gasteiger partial charge in [-0.2, -0.15) is 0 Å². The molecular weight excluding hydrogens is 384 g/mol. The lowest BCUT2D eigenvalue weighted by molar-refractivity contribution is 0.394. The van der Waals surface area contributed by atoms with Gasteiger partial charge in [-0.05, 0) is 25.0 Å². The summed E-state index contributed by atoms with van der Waals surface area (Å²) < 4.78 is 28.0. The van der Waals surface area contributed by atoms with Crippen LogP contribution < -0.4 is 24.4 Å². The van der Waals surface area contributed by atoms with Crippen LogP contribution in [-0.4, -0.2) is 28.4 Å². The molecule has 3 rings (SSSR count). The number of unbranched alkanes of at least 4 members (excludes halogenated alkanes) is 2. The topological polar surface area (TPSA) is 67.1 Å². The molecule has 0 aliphatic carbocycles. The average molecular weight is 412 g/mol. The molecule has 0 saturated heterocycles. The van der Waals surface area contributed by atoms with Crippen molar-refractivity contribution in [2.75, 3.05) is 28.4 Å². The van der Waals surface area contributed by atoms with Gasteiger partial charge in [0.2, 0.25) is 0 Å². The molecular formula is C24H28O6. The second-order valence-electron chi connectivity index (χ2n) is 6.96. The predicted octanol–water partition coefficient (Wildman–Crippen LogP) is 5.23. The van der Waals surface area contributed by atoms with Crippen LogP contribution in [0.2, 0.25) is 0 Å². The molecule has 0 unspecified atom stereocenters. The third-order valence-corrected chi connectivity index (χ3v) is 5.17. The maximum Gasteiger partial charge on any atom is 0.200 e. The van der Waals surface area contributed by atoms with Gasteiger partial charge in [-0.25, -0.2) is 0 Å². The molecule has 0 bridgehead atoms. The summed E-state index contributed by atoms with van der Waals surface area (Å²) in [7, 11) is 6.27. The highest BCUT2D eigenvalue weighted by molar-refractivity contribution is 5.88. The Bertz CT molecular complexity index is 1080. The summed E-state index contributed by atoms with van der Waals surface area (Å²) in [6.07, 6.45) is 3.57. The Morgan fingerprint density at radius 2 is 1.53 bits per heavy atom. The van der Waals surface area contributed by atoms with E-state index in [1.54, 1.807) is 39.5 Å². The minimum atomic E-state index is -0.0975. The summed E-state index contributed by atoms with van der Waals surface area (Å²) in [4.78, 5) is 13.6. The van der Waals surface area contributed by atoms with Crippen molar-refractivity contribution in [3.8, 4) is 34.3 Å². The van der Waals surface area contributed by atoms with Crippen LogP contribution in [0, 0.1) is 0 Å². The molecule has 0 saturated carbocycles. The Kier molecular flexibility index (Phi) is 6.87. The summed E-state index contributed by atoms with van der Waals surface area (Å²) in [6.45, 7) is 2.13. The SMILES string of the molecule is CCCCCc1c(-c2ccc(OC)cc2OC)oc2cc(OC)cc(OC)c2c1=O. The Morgan fingerprint density at radius 3 is 2.17 bits per heavy atom. The first-order valence-corrected chi connectivity index (χ1v) is 10.0. The molecule has 160 valence electrons. The summed E-state index contributed by atoms with van der Waals surface area (Å²) >= 11 is 0. The highest BCUT2D eigenvalue weighted by atomic mass is 16.5. The molecule has 0 aliphatic rings. The van der Waals surface area contributed by atoms with Crippen molar-refractivity contribution >= 4 is 11.0 Å². The van der Waals surface area contributed by atoms with Crippen molar-refractivity contribution in [3.05, 3.63) is 46.1 Å². The molecule has 0 atom stereocenters. The fraction of sp³-hybridized carbons (Fsp3) is 0.375. The van der Waals surface area contributed by atoms with E-state index in [0.29, 0.717) is 57.3 Å². The van der Waals surface area contributed by atoms with Gasteiger partial charge < -0.3 is 23.4 Å². The standard InChI is InChI=1S/C24H28O6/c1-6-7-8-9-18-23(25)22-20(29-5)13-16(27-3)14-21(22)30-24(18)17-11-10-15(26-2)12-19(17)28-4/h10-14H,6-9H2,1-5H3. The van der Waals surface area contributed by atoms with Crippen molar-refractivity contribution < 1.29 is 23.4 Å². The summed E-state index contributed by atoms with van der Waals surface area (Å²) in [6, 6.07) is 8.85. The fourth-order valence-electron chi connectivity index (χ4n) is 3.56. The number of fused-ring (bicyclic) bond motifs is 1. The maximum atomic E-state index is 13.6. The quantitative estimate of drug-likeness (QED) is 0.449. The molecule has 1 heterocycles. The van der Waals surface area contributed by atoms with E-state index in [0.717, 1.165) is 19.3 Å². The summed E-state index contributed by atoms with van der Waals surface area (Å²) in [5.74, 6) is 2.72. The van der Waals surface area contributed by atoms with E-state index in [-0.39, 0.29) is 5.43 Å². The highest BCUT2D eigenvalue weighted by Crippen LogP contribution is 2.38. The van der Waals surface area contributed by atoms with E-state index in [4.69, 9.17) is 23.4 Å². The van der Waals surface area contributed by atoms with Gasteiger partial charge in [-0.1, -0.05) is 19.8 Å². The summed E-state index contributed by atoms with van der Waals surface area (Å²) in [5.41, 5.74) is 1.62. The Balaban J connectivity index is 2.33. The molecule has 30 heavy (non-hydrogen) atoms. The Labute approximate surface area is 176 Å². The molecule has 0 amide bonds. The van der Waals surface area contributed by atoms with Crippen molar-refractivity contribution in [1.29, 1.82) is 0 Å². The van der Waals surface area contributed by atoms with E-state index >= 15 is 0 Å². The van der Waals surface area contributed by atoms with E-state index < -0.39 is 0 Å². The molecule has 0 radical (unpaired) electrons. The van der Waals surface area contributed by atoms with Gasteiger partial charge in [-0.15, -0.1) is 0 Å². The van der Waals surface area contributed by atoms with Crippen LogP contribution in [0.15, 0.2) is 39.5 Å². The van der Waals surface area contributed by atoms with Crippen LogP contribution in [0.5, 0.6) is 23.0 Å². The molecule has 1 aromatic heterocycles. The first-order chi connectivity index (χ1) is 14.6. The Morgan fingerprint density at radius 1 is 0.833 bits per heavy atom. The molecule has 0 fully saturated rings. The third kappa shape index (κ3) is 4.08. The van der Waals surface area contributed by atoms with Gasteiger partial charge >= 0.3 is 0 Å². The minimum absolute atomic E-state index is 0.0975. The van der Waals surface area contributed by atoms with Crippen molar-refractivity contribution in [2.24, 2.45) is 0 Å². The van der Waals surface area contributed by atoms with Gasteiger partial charge in [0.25, 0.3) is 0 Å². The van der Waals surface area contributed by atoms with Crippen LogP contribution in [0.1, 0.15) is 31.7 Å². The predicted molar refractivity (Wildman–Crippen MR) is 117 cm³/mol. The van der Waals surface area contributed by atoms with Crippen molar-refractivity contribution in [2.45, 2.75) is 32.6 Å². The van der Waals surface area contributed by atoms with E-state index in [9.17, 15) is 4.79 Å². The number of methoxy groups -OCH3 is 4. The highest BCUT2D eigenvalue weighted by Gasteiger charge is 2.22. The molecule has 6 nitrogen and oxygen atoms in total. The number of benzene rings is 2. The van der Waals surface area contributed by atoms with E-state index in [1.807, 2.05) is 12.1 Å². The minimum Gasteiger partial charge on any atom is -0.497 e. The molecule has 0 spiro atoms. The number of ether oxygens (including phenoxy) is 4. The first-order valence-electron chi connectivity index (χ1n) is 10.0. The molecule has 6 heteroatoms. The van der Waals surface area contributed by atoms with Crippen LogP contribution in [0.3, 0.4) is 0 Å². The molecule has 0 N–H and O–H groups in total. The monoisotopic (exact) mass is 412 g/mol. The smallest absolute Gasteiger partial charge is 0.200 e. The number of rotatable bonds is 9. The van der Waals surface area contributed by atoms with Crippen LogP contribution in [0.25, 0.3) is 22.3 Å². The van der Waals surface area contributed by atoms with Gasteiger partial charge in [0.05, 0.1) is 34.0 Å². The van der Waals surface area contributed by atoms with E-state index in [1.165, 1.54) is 7.11 Å². The number of hydrogen-bond donors (Lipinski definition) is 0. The summed E-state index contributed by atoms with van der Waals surface area (Å²) in [5, 5.41) is 0.418.